The number of ether oxygens (including phenoxy) is 1. The summed E-state index contributed by atoms with van der Waals surface area (Å²) in [6, 6.07) is 0.399. The summed E-state index contributed by atoms with van der Waals surface area (Å²) in [5.74, 6) is 0.629. The van der Waals surface area contributed by atoms with Crippen LogP contribution in [0.3, 0.4) is 0 Å². The van der Waals surface area contributed by atoms with E-state index in [9.17, 15) is 0 Å². The molecule has 0 aromatic carbocycles. The lowest BCUT2D eigenvalue weighted by Crippen LogP contribution is -2.51. The molecule has 4 heteroatoms. The minimum atomic E-state index is 0.399. The van der Waals surface area contributed by atoms with E-state index in [-0.39, 0.29) is 0 Å². The average Bonchev–Trinajstić information content (AvgIpc) is 2.15. The van der Waals surface area contributed by atoms with Gasteiger partial charge in [0, 0.05) is 13.1 Å². The first-order valence-corrected chi connectivity index (χ1v) is 5.64. The minimum absolute atomic E-state index is 0.399. The van der Waals surface area contributed by atoms with Gasteiger partial charge in [-0.15, -0.1) is 0 Å². The van der Waals surface area contributed by atoms with E-state index in [0.717, 1.165) is 31.4 Å². The minimum Gasteiger partial charge on any atom is -0.377 e. The summed E-state index contributed by atoms with van der Waals surface area (Å²) in [6.07, 6.45) is 0. The first-order chi connectivity index (χ1) is 6.61. The predicted molar refractivity (Wildman–Crippen MR) is 62.4 cm³/mol. The smallest absolute Gasteiger partial charge is 0.169 e. The summed E-state index contributed by atoms with van der Waals surface area (Å²) < 4.78 is 5.36. The largest absolute Gasteiger partial charge is 0.377 e. The molecular weight excluding hydrogens is 196 g/mol. The quantitative estimate of drug-likeness (QED) is 0.702. The van der Waals surface area contributed by atoms with Gasteiger partial charge in [-0.1, -0.05) is 13.8 Å². The highest BCUT2D eigenvalue weighted by molar-refractivity contribution is 7.80. The van der Waals surface area contributed by atoms with Gasteiger partial charge in [-0.3, -0.25) is 0 Å². The third-order valence-electron chi connectivity index (χ3n) is 2.29. The molecule has 0 radical (unpaired) electrons. The van der Waals surface area contributed by atoms with E-state index < -0.39 is 0 Å². The lowest BCUT2D eigenvalue weighted by atomic mass is 10.2. The van der Waals surface area contributed by atoms with E-state index >= 15 is 0 Å². The maximum absolute atomic E-state index is 5.36. The van der Waals surface area contributed by atoms with Crippen LogP contribution in [0.15, 0.2) is 0 Å². The van der Waals surface area contributed by atoms with Crippen molar-refractivity contribution in [3.8, 4) is 0 Å². The van der Waals surface area contributed by atoms with Gasteiger partial charge in [-0.25, -0.2) is 0 Å². The molecule has 1 heterocycles. The molecule has 0 saturated carbocycles. The summed E-state index contributed by atoms with van der Waals surface area (Å²) in [6.45, 7) is 9.92. The molecule has 1 N–H and O–H groups in total. The Bertz CT molecular complexity index is 197. The van der Waals surface area contributed by atoms with E-state index in [2.05, 4.69) is 31.0 Å². The van der Waals surface area contributed by atoms with Gasteiger partial charge >= 0.3 is 0 Å². The Morgan fingerprint density at radius 2 is 2.36 bits per heavy atom. The normalized spacial score (nSPS) is 22.6. The molecule has 1 aliphatic rings. The molecule has 0 aromatic heterocycles. The van der Waals surface area contributed by atoms with E-state index in [1.54, 1.807) is 0 Å². The predicted octanol–water partition coefficient (Wildman–Crippen LogP) is 1.24. The fourth-order valence-electron chi connectivity index (χ4n) is 1.42. The summed E-state index contributed by atoms with van der Waals surface area (Å²) in [5.41, 5.74) is 0. The lowest BCUT2D eigenvalue weighted by molar-refractivity contribution is 0.0328. The molecule has 0 aromatic rings. The maximum Gasteiger partial charge on any atom is 0.169 e. The van der Waals surface area contributed by atoms with Gasteiger partial charge in [0.05, 0.1) is 19.3 Å². The molecule has 0 amide bonds. The summed E-state index contributed by atoms with van der Waals surface area (Å²) in [7, 11) is 0. The Kier molecular flexibility index (Phi) is 4.62. The van der Waals surface area contributed by atoms with Crippen LogP contribution >= 0.6 is 12.2 Å². The highest BCUT2D eigenvalue weighted by Crippen LogP contribution is 2.06. The number of nitrogens with zero attached hydrogens (tertiary/aromatic N) is 1. The van der Waals surface area contributed by atoms with Gasteiger partial charge in [0.15, 0.2) is 5.11 Å². The van der Waals surface area contributed by atoms with Gasteiger partial charge in [0.1, 0.15) is 0 Å². The SMILES string of the molecule is CC(C)CNC(=S)N1CCOCC1C. The molecule has 1 aliphatic heterocycles. The molecule has 0 bridgehead atoms. The molecule has 1 unspecified atom stereocenters. The second-order valence-electron chi connectivity index (χ2n) is 4.20. The zero-order chi connectivity index (χ0) is 10.6. The number of morpholine rings is 1. The van der Waals surface area contributed by atoms with Crippen molar-refractivity contribution in [2.24, 2.45) is 5.92 Å². The lowest BCUT2D eigenvalue weighted by Gasteiger charge is -2.35. The van der Waals surface area contributed by atoms with Crippen LogP contribution in [0, 0.1) is 5.92 Å². The van der Waals surface area contributed by atoms with Crippen LogP contribution in [0.2, 0.25) is 0 Å². The average molecular weight is 216 g/mol. The summed E-state index contributed by atoms with van der Waals surface area (Å²) >= 11 is 5.33. The summed E-state index contributed by atoms with van der Waals surface area (Å²) in [4.78, 5) is 2.21. The van der Waals surface area contributed by atoms with Crippen molar-refractivity contribution >= 4 is 17.3 Å². The van der Waals surface area contributed by atoms with Crippen molar-refractivity contribution in [2.75, 3.05) is 26.3 Å². The van der Waals surface area contributed by atoms with Crippen LogP contribution in [0.5, 0.6) is 0 Å². The third-order valence-corrected chi connectivity index (χ3v) is 2.67. The second-order valence-corrected chi connectivity index (χ2v) is 4.58. The molecular formula is C10H20N2OS. The maximum atomic E-state index is 5.36. The molecule has 0 aliphatic carbocycles. The van der Waals surface area contributed by atoms with Gasteiger partial charge in [0.2, 0.25) is 0 Å². The fourth-order valence-corrected chi connectivity index (χ4v) is 1.78. The van der Waals surface area contributed by atoms with E-state index in [0.29, 0.717) is 12.0 Å². The number of hydrogen-bond acceptors (Lipinski definition) is 2. The first-order valence-electron chi connectivity index (χ1n) is 5.23. The Balaban J connectivity index is 2.34. The molecule has 0 spiro atoms. The monoisotopic (exact) mass is 216 g/mol. The third kappa shape index (κ3) is 3.42. The topological polar surface area (TPSA) is 24.5 Å². The number of thiocarbonyl (C=S) groups is 1. The molecule has 3 nitrogen and oxygen atoms in total. The van der Waals surface area contributed by atoms with Crippen molar-refractivity contribution < 1.29 is 4.74 Å². The molecule has 1 fully saturated rings. The van der Waals surface area contributed by atoms with Crippen molar-refractivity contribution in [1.82, 2.24) is 10.2 Å². The zero-order valence-electron chi connectivity index (χ0n) is 9.25. The van der Waals surface area contributed by atoms with Crippen molar-refractivity contribution in [3.05, 3.63) is 0 Å². The van der Waals surface area contributed by atoms with Crippen LogP contribution in [0.4, 0.5) is 0 Å². The zero-order valence-corrected chi connectivity index (χ0v) is 10.1. The van der Waals surface area contributed by atoms with Crippen LogP contribution in [0.1, 0.15) is 20.8 Å². The van der Waals surface area contributed by atoms with E-state index in [1.807, 2.05) is 0 Å². The fraction of sp³-hybridized carbons (Fsp3) is 0.900. The molecule has 14 heavy (non-hydrogen) atoms. The first kappa shape index (κ1) is 11.7. The second kappa shape index (κ2) is 5.51. The van der Waals surface area contributed by atoms with Crippen LogP contribution in [-0.2, 0) is 4.74 Å². The van der Waals surface area contributed by atoms with Crippen LogP contribution in [0.25, 0.3) is 0 Å². The molecule has 1 saturated heterocycles. The van der Waals surface area contributed by atoms with Gasteiger partial charge in [-0.2, -0.15) is 0 Å². The number of nitrogens with one attached hydrogen (secondary N) is 1. The van der Waals surface area contributed by atoms with Crippen molar-refractivity contribution in [3.63, 3.8) is 0 Å². The Morgan fingerprint density at radius 1 is 1.64 bits per heavy atom. The molecule has 82 valence electrons. The van der Waals surface area contributed by atoms with Gasteiger partial charge in [0.25, 0.3) is 0 Å². The van der Waals surface area contributed by atoms with Crippen LogP contribution in [-0.4, -0.2) is 42.4 Å². The van der Waals surface area contributed by atoms with Gasteiger partial charge < -0.3 is 15.0 Å². The van der Waals surface area contributed by atoms with Crippen LogP contribution < -0.4 is 5.32 Å². The van der Waals surface area contributed by atoms with Crippen molar-refractivity contribution in [1.29, 1.82) is 0 Å². The highest BCUT2D eigenvalue weighted by Gasteiger charge is 2.20. The standard InChI is InChI=1S/C10H20N2OS/c1-8(2)6-11-10(14)12-4-5-13-7-9(12)3/h8-9H,4-7H2,1-3H3,(H,11,14). The van der Waals surface area contributed by atoms with E-state index in [4.69, 9.17) is 17.0 Å². The molecule has 1 atom stereocenters. The Morgan fingerprint density at radius 3 is 2.93 bits per heavy atom. The number of hydrogen-bond donors (Lipinski definition) is 1. The summed E-state index contributed by atoms with van der Waals surface area (Å²) in [5, 5.41) is 4.15. The highest BCUT2D eigenvalue weighted by atomic mass is 32.1. The van der Waals surface area contributed by atoms with Gasteiger partial charge in [-0.05, 0) is 25.1 Å². The van der Waals surface area contributed by atoms with Crippen molar-refractivity contribution in [2.45, 2.75) is 26.8 Å². The molecule has 1 rings (SSSR count). The Labute approximate surface area is 91.8 Å². The number of rotatable bonds is 2. The Hall–Kier alpha value is -0.350. The van der Waals surface area contributed by atoms with E-state index in [1.165, 1.54) is 0 Å².